The molecule has 10 heteroatoms. The maximum absolute atomic E-state index is 12.0. The number of anilines is 1. The standard InChI is InChI=1S/C18H26N6O2S.HI/c1-4-19-17(22-11-13-12-27-18(23-13)24(2)3)21-10-9-20-16(26)14-7-5-6-8-15(14)25;/h5-8,12,25H,4,9-11H2,1-3H3,(H,20,26)(H2,19,21,22);1H. The molecule has 0 aliphatic carbocycles. The summed E-state index contributed by atoms with van der Waals surface area (Å²) >= 11 is 1.58. The molecule has 0 fully saturated rings. The predicted molar refractivity (Wildman–Crippen MR) is 125 cm³/mol. The lowest BCUT2D eigenvalue weighted by Crippen LogP contribution is -2.41. The Labute approximate surface area is 186 Å². The number of aliphatic imine (C=N–C) groups is 1. The third-order valence-electron chi connectivity index (χ3n) is 3.52. The number of nitrogens with zero attached hydrogens (tertiary/aromatic N) is 3. The molecular formula is C18H27IN6O2S. The molecule has 0 atom stereocenters. The first-order chi connectivity index (χ1) is 13.0. The van der Waals surface area contributed by atoms with Gasteiger partial charge in [-0.15, -0.1) is 35.3 Å². The molecule has 0 spiro atoms. The van der Waals surface area contributed by atoms with E-state index in [0.717, 1.165) is 17.4 Å². The molecule has 1 aromatic carbocycles. The van der Waals surface area contributed by atoms with Gasteiger partial charge in [-0.1, -0.05) is 12.1 Å². The normalized spacial score (nSPS) is 10.8. The van der Waals surface area contributed by atoms with Crippen LogP contribution in [-0.4, -0.2) is 55.7 Å². The van der Waals surface area contributed by atoms with E-state index in [9.17, 15) is 9.90 Å². The zero-order chi connectivity index (χ0) is 19.6. The third-order valence-corrected chi connectivity index (χ3v) is 4.57. The van der Waals surface area contributed by atoms with E-state index >= 15 is 0 Å². The summed E-state index contributed by atoms with van der Waals surface area (Å²) in [6.07, 6.45) is 0. The average molecular weight is 518 g/mol. The molecule has 0 bridgehead atoms. The molecule has 0 radical (unpaired) electrons. The van der Waals surface area contributed by atoms with Crippen molar-refractivity contribution in [2.75, 3.05) is 38.6 Å². The van der Waals surface area contributed by atoms with Crippen molar-refractivity contribution >= 4 is 52.3 Å². The number of aromatic hydroxyl groups is 1. The lowest BCUT2D eigenvalue weighted by molar-refractivity contribution is 0.0951. The quantitative estimate of drug-likeness (QED) is 0.185. The van der Waals surface area contributed by atoms with Gasteiger partial charge >= 0.3 is 0 Å². The lowest BCUT2D eigenvalue weighted by atomic mass is 10.2. The summed E-state index contributed by atoms with van der Waals surface area (Å²) in [6, 6.07) is 6.46. The average Bonchev–Trinajstić information content (AvgIpc) is 3.12. The summed E-state index contributed by atoms with van der Waals surface area (Å²) in [7, 11) is 3.92. The van der Waals surface area contributed by atoms with Crippen molar-refractivity contribution in [3.8, 4) is 5.75 Å². The second kappa shape index (κ2) is 12.4. The Morgan fingerprint density at radius 2 is 1.93 bits per heavy atom. The second-order valence-electron chi connectivity index (χ2n) is 5.91. The van der Waals surface area contributed by atoms with Crippen molar-refractivity contribution in [2.24, 2.45) is 4.99 Å². The Bertz CT molecular complexity index is 781. The van der Waals surface area contributed by atoms with E-state index in [0.29, 0.717) is 25.6 Å². The van der Waals surface area contributed by atoms with Gasteiger partial charge in [-0.2, -0.15) is 0 Å². The van der Waals surface area contributed by atoms with Gasteiger partial charge in [-0.25, -0.2) is 9.98 Å². The Balaban J connectivity index is 0.00000392. The molecule has 2 aromatic rings. The summed E-state index contributed by atoms with van der Waals surface area (Å²) in [4.78, 5) is 23.0. The van der Waals surface area contributed by atoms with Crippen LogP contribution in [0.15, 0.2) is 34.6 Å². The zero-order valence-electron chi connectivity index (χ0n) is 16.2. The summed E-state index contributed by atoms with van der Waals surface area (Å²) in [5.74, 6) is 0.322. The van der Waals surface area contributed by atoms with Crippen molar-refractivity contribution < 1.29 is 9.90 Å². The van der Waals surface area contributed by atoms with E-state index in [1.807, 2.05) is 31.3 Å². The number of halogens is 1. The number of carbonyl (C=O) groups excluding carboxylic acids is 1. The van der Waals surface area contributed by atoms with Gasteiger partial charge in [0.2, 0.25) is 0 Å². The number of phenolic OH excluding ortho intramolecular Hbond substituents is 1. The number of amides is 1. The fourth-order valence-electron chi connectivity index (χ4n) is 2.19. The third kappa shape index (κ3) is 7.50. The molecule has 0 aliphatic rings. The van der Waals surface area contributed by atoms with E-state index in [4.69, 9.17) is 0 Å². The van der Waals surface area contributed by atoms with Gasteiger partial charge in [0, 0.05) is 39.1 Å². The highest BCUT2D eigenvalue weighted by Gasteiger charge is 2.09. The van der Waals surface area contributed by atoms with Crippen molar-refractivity contribution in [1.82, 2.24) is 20.9 Å². The van der Waals surface area contributed by atoms with Crippen LogP contribution >= 0.6 is 35.3 Å². The van der Waals surface area contributed by atoms with Crippen LogP contribution in [0.25, 0.3) is 0 Å². The first-order valence-electron chi connectivity index (χ1n) is 8.71. The first-order valence-corrected chi connectivity index (χ1v) is 9.59. The van der Waals surface area contributed by atoms with Crippen LogP contribution in [0.5, 0.6) is 5.75 Å². The van der Waals surface area contributed by atoms with E-state index < -0.39 is 0 Å². The van der Waals surface area contributed by atoms with Crippen molar-refractivity contribution in [2.45, 2.75) is 13.5 Å². The number of thiazole rings is 1. The van der Waals surface area contributed by atoms with Crippen molar-refractivity contribution in [3.05, 3.63) is 40.9 Å². The number of para-hydroxylation sites is 1. The minimum Gasteiger partial charge on any atom is -0.507 e. The van der Waals surface area contributed by atoms with Crippen LogP contribution in [0.1, 0.15) is 23.0 Å². The van der Waals surface area contributed by atoms with Gasteiger partial charge in [0.05, 0.1) is 17.8 Å². The van der Waals surface area contributed by atoms with E-state index in [2.05, 4.69) is 25.9 Å². The number of hydrogen-bond donors (Lipinski definition) is 4. The van der Waals surface area contributed by atoms with Crippen molar-refractivity contribution in [3.63, 3.8) is 0 Å². The summed E-state index contributed by atoms with van der Waals surface area (Å²) in [6.45, 7) is 4.11. The number of carbonyl (C=O) groups is 1. The van der Waals surface area contributed by atoms with Gasteiger partial charge in [-0.05, 0) is 19.1 Å². The van der Waals surface area contributed by atoms with Crippen LogP contribution in [-0.2, 0) is 6.54 Å². The van der Waals surface area contributed by atoms with Gasteiger partial charge in [0.1, 0.15) is 5.75 Å². The Hall–Kier alpha value is -2.08. The number of rotatable bonds is 8. The number of phenols is 1. The number of benzene rings is 1. The fraction of sp³-hybridized carbons (Fsp3) is 0.389. The van der Waals surface area contributed by atoms with Crippen LogP contribution in [0.4, 0.5) is 5.13 Å². The predicted octanol–water partition coefficient (Wildman–Crippen LogP) is 2.02. The summed E-state index contributed by atoms with van der Waals surface area (Å²) < 4.78 is 0. The molecular weight excluding hydrogens is 491 g/mol. The highest BCUT2D eigenvalue weighted by Crippen LogP contribution is 2.18. The molecule has 8 nitrogen and oxygen atoms in total. The van der Waals surface area contributed by atoms with E-state index in [1.54, 1.807) is 29.5 Å². The fourth-order valence-corrected chi connectivity index (χ4v) is 2.94. The van der Waals surface area contributed by atoms with Gasteiger partial charge in [-0.3, -0.25) is 4.79 Å². The molecule has 0 unspecified atom stereocenters. The molecule has 28 heavy (non-hydrogen) atoms. The van der Waals surface area contributed by atoms with E-state index in [-0.39, 0.29) is 41.2 Å². The minimum absolute atomic E-state index is 0. The molecule has 1 aromatic heterocycles. The molecule has 1 heterocycles. The van der Waals surface area contributed by atoms with Crippen LogP contribution in [0, 0.1) is 0 Å². The number of aromatic nitrogens is 1. The molecule has 0 saturated heterocycles. The maximum Gasteiger partial charge on any atom is 0.255 e. The molecule has 4 N–H and O–H groups in total. The molecule has 0 aliphatic heterocycles. The molecule has 154 valence electrons. The number of nitrogens with one attached hydrogen (secondary N) is 3. The molecule has 0 saturated carbocycles. The van der Waals surface area contributed by atoms with Gasteiger partial charge in [0.15, 0.2) is 11.1 Å². The van der Waals surface area contributed by atoms with E-state index in [1.165, 1.54) is 6.07 Å². The number of guanidine groups is 1. The first kappa shape index (κ1) is 24.0. The second-order valence-corrected chi connectivity index (χ2v) is 6.75. The summed E-state index contributed by atoms with van der Waals surface area (Å²) in [5.41, 5.74) is 1.17. The number of hydrogen-bond acceptors (Lipinski definition) is 6. The van der Waals surface area contributed by atoms with Crippen molar-refractivity contribution in [1.29, 1.82) is 0 Å². The molecule has 2 rings (SSSR count). The van der Waals surface area contributed by atoms with Crippen LogP contribution in [0.2, 0.25) is 0 Å². The van der Waals surface area contributed by atoms with Gasteiger partial charge in [0.25, 0.3) is 5.91 Å². The largest absolute Gasteiger partial charge is 0.507 e. The Morgan fingerprint density at radius 3 is 2.57 bits per heavy atom. The maximum atomic E-state index is 12.0. The SMILES string of the molecule is CCNC(=NCc1csc(N(C)C)n1)NCCNC(=O)c1ccccc1O.I. The lowest BCUT2D eigenvalue weighted by Gasteiger charge is -2.12. The molecule has 1 amide bonds. The topological polar surface area (TPSA) is 102 Å². The Kier molecular flexibility index (Phi) is 10.6. The van der Waals surface area contributed by atoms with Crippen LogP contribution < -0.4 is 20.9 Å². The minimum atomic E-state index is -0.310. The zero-order valence-corrected chi connectivity index (χ0v) is 19.4. The smallest absolute Gasteiger partial charge is 0.255 e. The monoisotopic (exact) mass is 518 g/mol. The highest BCUT2D eigenvalue weighted by molar-refractivity contribution is 14.0. The Morgan fingerprint density at radius 1 is 1.21 bits per heavy atom. The van der Waals surface area contributed by atoms with Gasteiger partial charge < -0.3 is 26.0 Å². The van der Waals surface area contributed by atoms with Crippen LogP contribution in [0.3, 0.4) is 0 Å². The highest BCUT2D eigenvalue weighted by atomic mass is 127. The summed E-state index contributed by atoms with van der Waals surface area (Å²) in [5, 5.41) is 21.7.